The highest BCUT2D eigenvalue weighted by molar-refractivity contribution is 14.1. The number of aromatic nitrogens is 1. The lowest BCUT2D eigenvalue weighted by atomic mass is 10.2. The molecule has 0 unspecified atom stereocenters. The second kappa shape index (κ2) is 4.48. The van der Waals surface area contributed by atoms with Crippen LogP contribution in [-0.4, -0.2) is 10.9 Å². The summed E-state index contributed by atoms with van der Waals surface area (Å²) in [6.45, 7) is 0. The van der Waals surface area contributed by atoms with Gasteiger partial charge in [0.25, 0.3) is 12.3 Å². The topological polar surface area (TPSA) is 79.8 Å². The second-order valence-electron chi connectivity index (χ2n) is 2.53. The number of nitrogens with zero attached hydrogens (tertiary/aromatic N) is 2. The number of carbonyl (C=O) groups is 1. The second-order valence-corrected chi connectivity index (χ2v) is 3.70. The number of hydrogen-bond donors (Lipinski definition) is 1. The molecule has 1 aromatic heterocycles. The van der Waals surface area contributed by atoms with Crippen molar-refractivity contribution in [2.75, 3.05) is 0 Å². The van der Waals surface area contributed by atoms with E-state index in [1.165, 1.54) is 6.07 Å². The van der Waals surface area contributed by atoms with E-state index in [-0.39, 0.29) is 9.26 Å². The lowest BCUT2D eigenvalue weighted by molar-refractivity contribution is 0.0993. The van der Waals surface area contributed by atoms with Gasteiger partial charge in [0, 0.05) is 3.57 Å². The highest BCUT2D eigenvalue weighted by atomic mass is 127. The Morgan fingerprint density at radius 3 is 2.67 bits per heavy atom. The van der Waals surface area contributed by atoms with Crippen LogP contribution in [0.5, 0.6) is 0 Å². The van der Waals surface area contributed by atoms with Crippen molar-refractivity contribution in [1.29, 1.82) is 5.26 Å². The Labute approximate surface area is 97.2 Å². The lowest BCUT2D eigenvalue weighted by Crippen LogP contribution is -2.16. The molecule has 1 amide bonds. The van der Waals surface area contributed by atoms with E-state index in [4.69, 9.17) is 11.0 Å². The zero-order valence-corrected chi connectivity index (χ0v) is 9.33. The van der Waals surface area contributed by atoms with Crippen LogP contribution in [0.3, 0.4) is 0 Å². The summed E-state index contributed by atoms with van der Waals surface area (Å²) >= 11 is 1.66. The molecule has 0 atom stereocenters. The monoisotopic (exact) mass is 323 g/mol. The van der Waals surface area contributed by atoms with Gasteiger partial charge in [-0.15, -0.1) is 0 Å². The number of pyridine rings is 1. The van der Waals surface area contributed by atoms with Crippen molar-refractivity contribution in [3.63, 3.8) is 0 Å². The molecule has 0 aliphatic carbocycles. The van der Waals surface area contributed by atoms with Crippen LogP contribution < -0.4 is 5.73 Å². The number of rotatable bonds is 2. The average Bonchev–Trinajstić information content (AvgIpc) is 2.16. The highest BCUT2D eigenvalue weighted by Gasteiger charge is 2.19. The summed E-state index contributed by atoms with van der Waals surface area (Å²) in [5.74, 6) is -0.850. The first-order valence-electron chi connectivity index (χ1n) is 3.66. The number of amides is 1. The van der Waals surface area contributed by atoms with Crippen LogP contribution in [0.4, 0.5) is 8.78 Å². The zero-order chi connectivity index (χ0) is 11.6. The van der Waals surface area contributed by atoms with Gasteiger partial charge in [-0.25, -0.2) is 13.8 Å². The molecule has 1 aromatic rings. The van der Waals surface area contributed by atoms with Crippen molar-refractivity contribution in [2.45, 2.75) is 6.43 Å². The Balaban J connectivity index is 3.44. The summed E-state index contributed by atoms with van der Waals surface area (Å²) in [5, 5.41) is 8.56. The SMILES string of the molecule is N#Cc1nc(C(N)=O)c(I)cc1C(F)F. The van der Waals surface area contributed by atoms with Crippen LogP contribution in [0.15, 0.2) is 6.07 Å². The van der Waals surface area contributed by atoms with Crippen molar-refractivity contribution in [3.05, 3.63) is 26.6 Å². The zero-order valence-electron chi connectivity index (χ0n) is 7.17. The largest absolute Gasteiger partial charge is 0.364 e. The summed E-state index contributed by atoms with van der Waals surface area (Å²) in [5.41, 5.74) is 3.82. The van der Waals surface area contributed by atoms with Gasteiger partial charge in [-0.05, 0) is 28.7 Å². The Morgan fingerprint density at radius 1 is 1.67 bits per heavy atom. The fourth-order valence-corrected chi connectivity index (χ4v) is 1.65. The third kappa shape index (κ3) is 2.38. The fourth-order valence-electron chi connectivity index (χ4n) is 0.932. The van der Waals surface area contributed by atoms with Crippen molar-refractivity contribution in [2.24, 2.45) is 5.73 Å². The van der Waals surface area contributed by atoms with Crippen LogP contribution in [-0.2, 0) is 0 Å². The Morgan fingerprint density at radius 2 is 2.27 bits per heavy atom. The van der Waals surface area contributed by atoms with E-state index in [1.54, 1.807) is 22.6 Å². The molecule has 0 aliphatic heterocycles. The third-order valence-electron chi connectivity index (χ3n) is 1.58. The number of halogens is 3. The van der Waals surface area contributed by atoms with E-state index in [2.05, 4.69) is 4.98 Å². The van der Waals surface area contributed by atoms with Crippen LogP contribution in [0.1, 0.15) is 28.2 Å². The molecule has 1 rings (SSSR count). The van der Waals surface area contributed by atoms with Gasteiger partial charge in [0.2, 0.25) is 0 Å². The van der Waals surface area contributed by atoms with Crippen molar-refractivity contribution in [1.82, 2.24) is 4.98 Å². The molecule has 7 heteroatoms. The smallest absolute Gasteiger partial charge is 0.268 e. The van der Waals surface area contributed by atoms with Gasteiger partial charge < -0.3 is 5.73 Å². The summed E-state index contributed by atoms with van der Waals surface area (Å²) in [6, 6.07) is 2.54. The van der Waals surface area contributed by atoms with Gasteiger partial charge >= 0.3 is 0 Å². The maximum Gasteiger partial charge on any atom is 0.268 e. The predicted octanol–water partition coefficient (Wildman–Crippen LogP) is 1.59. The number of hydrogen-bond acceptors (Lipinski definition) is 3. The standard InChI is InChI=1S/C8H4F2IN3O/c9-7(10)3-1-4(11)6(8(13)15)14-5(3)2-12/h1,7H,(H2,13,15). The van der Waals surface area contributed by atoms with E-state index < -0.39 is 23.6 Å². The summed E-state index contributed by atoms with van der Waals surface area (Å²) in [6.07, 6.45) is -2.80. The number of nitriles is 1. The minimum absolute atomic E-state index is 0.170. The average molecular weight is 323 g/mol. The molecule has 0 aromatic carbocycles. The number of alkyl halides is 2. The van der Waals surface area contributed by atoms with Crippen molar-refractivity contribution < 1.29 is 13.6 Å². The predicted molar refractivity (Wildman–Crippen MR) is 55.1 cm³/mol. The number of carbonyl (C=O) groups excluding carboxylic acids is 1. The first-order valence-corrected chi connectivity index (χ1v) is 4.73. The molecule has 2 N–H and O–H groups in total. The minimum atomic E-state index is -2.80. The van der Waals surface area contributed by atoms with Gasteiger partial charge in [-0.1, -0.05) is 0 Å². The molecule has 0 bridgehead atoms. The Hall–Kier alpha value is -1.30. The van der Waals surface area contributed by atoms with Gasteiger partial charge in [-0.2, -0.15) is 5.26 Å². The molecule has 0 aliphatic rings. The maximum atomic E-state index is 12.4. The maximum absolute atomic E-state index is 12.4. The summed E-state index contributed by atoms with van der Waals surface area (Å²) in [4.78, 5) is 14.3. The molecule has 0 saturated heterocycles. The molecule has 1 heterocycles. The lowest BCUT2D eigenvalue weighted by Gasteiger charge is -2.05. The quantitative estimate of drug-likeness (QED) is 0.840. The van der Waals surface area contributed by atoms with Gasteiger partial charge in [0.15, 0.2) is 0 Å². The normalized spacial score (nSPS) is 10.1. The molecule has 0 fully saturated rings. The van der Waals surface area contributed by atoms with E-state index >= 15 is 0 Å². The highest BCUT2D eigenvalue weighted by Crippen LogP contribution is 2.24. The third-order valence-corrected chi connectivity index (χ3v) is 2.40. The molecule has 0 saturated carbocycles. The first kappa shape index (κ1) is 11.8. The molecular weight excluding hydrogens is 319 g/mol. The first-order chi connectivity index (χ1) is 6.97. The molecular formula is C8H4F2IN3O. The van der Waals surface area contributed by atoms with Gasteiger partial charge in [0.05, 0.1) is 5.56 Å². The molecule has 78 valence electrons. The molecule has 0 radical (unpaired) electrons. The summed E-state index contributed by atoms with van der Waals surface area (Å²) < 4.78 is 25.0. The van der Waals surface area contributed by atoms with Crippen LogP contribution in [0, 0.1) is 14.9 Å². The molecule has 15 heavy (non-hydrogen) atoms. The van der Waals surface area contributed by atoms with Gasteiger partial charge in [-0.3, -0.25) is 4.79 Å². The minimum Gasteiger partial charge on any atom is -0.364 e. The van der Waals surface area contributed by atoms with Crippen molar-refractivity contribution in [3.8, 4) is 6.07 Å². The molecule has 4 nitrogen and oxygen atoms in total. The van der Waals surface area contributed by atoms with Crippen LogP contribution >= 0.6 is 22.6 Å². The Bertz CT molecular complexity index is 456. The van der Waals surface area contributed by atoms with Crippen molar-refractivity contribution >= 4 is 28.5 Å². The van der Waals surface area contributed by atoms with Crippen LogP contribution in [0.2, 0.25) is 0 Å². The number of primary amides is 1. The van der Waals surface area contributed by atoms with Gasteiger partial charge in [0.1, 0.15) is 17.5 Å². The van der Waals surface area contributed by atoms with E-state index in [9.17, 15) is 13.6 Å². The Kier molecular flexibility index (Phi) is 3.52. The summed E-state index contributed by atoms with van der Waals surface area (Å²) in [7, 11) is 0. The molecule has 0 spiro atoms. The van der Waals surface area contributed by atoms with E-state index in [0.717, 1.165) is 6.07 Å². The fraction of sp³-hybridized carbons (Fsp3) is 0.125. The van der Waals surface area contributed by atoms with E-state index in [0.29, 0.717) is 0 Å². The number of nitrogens with two attached hydrogens (primary N) is 1. The van der Waals surface area contributed by atoms with Crippen LogP contribution in [0.25, 0.3) is 0 Å². The van der Waals surface area contributed by atoms with E-state index in [1.807, 2.05) is 0 Å².